The zero-order chi connectivity index (χ0) is 16.5. The number of aryl methyl sites for hydroxylation is 1. The van der Waals surface area contributed by atoms with Gasteiger partial charge in [0.25, 0.3) is 0 Å². The first-order valence-electron chi connectivity index (χ1n) is 8.99. The third-order valence-electron chi connectivity index (χ3n) is 5.82. The molecule has 0 aliphatic heterocycles. The highest BCUT2D eigenvalue weighted by Gasteiger charge is 2.50. The maximum Gasteiger partial charge on any atom is 0.125 e. The summed E-state index contributed by atoms with van der Waals surface area (Å²) in [5, 5.41) is 4.62. The number of hydrogen-bond donors (Lipinski definition) is 1. The lowest BCUT2D eigenvalue weighted by molar-refractivity contribution is 0.0254. The molecule has 0 bridgehead atoms. The van der Waals surface area contributed by atoms with Crippen LogP contribution in [0.3, 0.4) is 0 Å². The van der Waals surface area contributed by atoms with Crippen molar-refractivity contribution < 1.29 is 0 Å². The van der Waals surface area contributed by atoms with Crippen LogP contribution < -0.4 is 5.32 Å². The standard InChI is InChI=1S/C20H24ClN3/c1-13-22-10-14(11-23-13)12-24-20-18-5-3-2-4-17(18)19(20)15-6-8-16(21)9-7-15/h6-11,17-20,24H,2-5,12H2,1H3/t17-,18+,19-,20-/m0/s1. The van der Waals surface area contributed by atoms with E-state index in [4.69, 9.17) is 11.6 Å². The number of benzene rings is 1. The normalized spacial score (nSPS) is 28.9. The third-order valence-corrected chi connectivity index (χ3v) is 6.07. The third kappa shape index (κ3) is 3.07. The Morgan fingerprint density at radius 2 is 1.71 bits per heavy atom. The minimum atomic E-state index is 0.553. The van der Waals surface area contributed by atoms with Crippen LogP contribution in [-0.4, -0.2) is 16.0 Å². The summed E-state index contributed by atoms with van der Waals surface area (Å²) in [7, 11) is 0. The SMILES string of the molecule is Cc1ncc(CN[C@H]2[C@@H]3CCCC[C@@H]3[C@@H]2c2ccc(Cl)cc2)cn1. The van der Waals surface area contributed by atoms with Gasteiger partial charge in [-0.05, 0) is 49.3 Å². The molecule has 0 unspecified atom stereocenters. The summed E-state index contributed by atoms with van der Waals surface area (Å²) in [5.74, 6) is 3.07. The fraction of sp³-hybridized carbons (Fsp3) is 0.500. The second-order valence-electron chi connectivity index (χ2n) is 7.23. The summed E-state index contributed by atoms with van der Waals surface area (Å²) in [6.45, 7) is 2.77. The summed E-state index contributed by atoms with van der Waals surface area (Å²) in [6.07, 6.45) is 9.35. The molecule has 0 amide bonds. The first-order valence-corrected chi connectivity index (χ1v) is 9.36. The number of aromatic nitrogens is 2. The van der Waals surface area contributed by atoms with Crippen LogP contribution in [0.4, 0.5) is 0 Å². The lowest BCUT2D eigenvalue weighted by Gasteiger charge is -2.55. The van der Waals surface area contributed by atoms with Crippen molar-refractivity contribution in [3.63, 3.8) is 0 Å². The molecular formula is C20H24ClN3. The lowest BCUT2D eigenvalue weighted by atomic mass is 9.53. The number of halogens is 1. The minimum absolute atomic E-state index is 0.553. The van der Waals surface area contributed by atoms with E-state index in [9.17, 15) is 0 Å². The van der Waals surface area contributed by atoms with Crippen LogP contribution in [-0.2, 0) is 6.54 Å². The Morgan fingerprint density at radius 1 is 1.04 bits per heavy atom. The van der Waals surface area contributed by atoms with Crippen molar-refractivity contribution in [2.24, 2.45) is 11.8 Å². The summed E-state index contributed by atoms with van der Waals surface area (Å²) < 4.78 is 0. The Labute approximate surface area is 148 Å². The monoisotopic (exact) mass is 341 g/mol. The maximum absolute atomic E-state index is 6.08. The summed E-state index contributed by atoms with van der Waals surface area (Å²) >= 11 is 6.08. The molecule has 2 saturated carbocycles. The van der Waals surface area contributed by atoms with Crippen LogP contribution in [0.2, 0.25) is 5.02 Å². The zero-order valence-corrected chi connectivity index (χ0v) is 14.8. The van der Waals surface area contributed by atoms with Crippen molar-refractivity contribution in [1.82, 2.24) is 15.3 Å². The first-order chi connectivity index (χ1) is 11.7. The van der Waals surface area contributed by atoms with E-state index in [2.05, 4.69) is 27.4 Å². The summed E-state index contributed by atoms with van der Waals surface area (Å²) in [5.41, 5.74) is 2.59. The Hall–Kier alpha value is -1.45. The molecule has 1 aromatic carbocycles. The molecule has 1 N–H and O–H groups in total. The molecule has 3 nitrogen and oxygen atoms in total. The van der Waals surface area contributed by atoms with Gasteiger partial charge in [-0.25, -0.2) is 9.97 Å². The highest BCUT2D eigenvalue weighted by atomic mass is 35.5. The lowest BCUT2D eigenvalue weighted by Crippen LogP contribution is -2.57. The van der Waals surface area contributed by atoms with Crippen LogP contribution in [0.15, 0.2) is 36.7 Å². The van der Waals surface area contributed by atoms with Crippen molar-refractivity contribution in [2.75, 3.05) is 0 Å². The number of hydrogen-bond acceptors (Lipinski definition) is 3. The van der Waals surface area contributed by atoms with Crippen LogP contribution in [0.25, 0.3) is 0 Å². The van der Waals surface area contributed by atoms with E-state index in [0.29, 0.717) is 12.0 Å². The molecule has 2 fully saturated rings. The largest absolute Gasteiger partial charge is 0.309 e. The van der Waals surface area contributed by atoms with Crippen molar-refractivity contribution >= 4 is 11.6 Å². The molecule has 0 radical (unpaired) electrons. The van der Waals surface area contributed by atoms with Gasteiger partial charge in [-0.1, -0.05) is 36.6 Å². The van der Waals surface area contributed by atoms with Gasteiger partial charge >= 0.3 is 0 Å². The number of nitrogens with zero attached hydrogens (tertiary/aromatic N) is 2. The average molecular weight is 342 g/mol. The number of fused-ring (bicyclic) bond motifs is 1. The fourth-order valence-corrected chi connectivity index (χ4v) is 4.76. The van der Waals surface area contributed by atoms with Crippen LogP contribution in [0.1, 0.15) is 48.6 Å². The van der Waals surface area contributed by atoms with Gasteiger partial charge in [-0.15, -0.1) is 0 Å². The van der Waals surface area contributed by atoms with Gasteiger partial charge in [0.1, 0.15) is 5.82 Å². The Bertz CT molecular complexity index is 683. The molecule has 4 atom stereocenters. The topological polar surface area (TPSA) is 37.8 Å². The second kappa shape index (κ2) is 6.81. The Kier molecular flexibility index (Phi) is 4.55. The fourth-order valence-electron chi connectivity index (χ4n) is 4.63. The minimum Gasteiger partial charge on any atom is -0.309 e. The first kappa shape index (κ1) is 16.0. The highest BCUT2D eigenvalue weighted by Crippen LogP contribution is 2.54. The van der Waals surface area contributed by atoms with Crippen LogP contribution in [0.5, 0.6) is 0 Å². The molecule has 2 aliphatic carbocycles. The maximum atomic E-state index is 6.08. The van der Waals surface area contributed by atoms with Gasteiger partial charge in [0.15, 0.2) is 0 Å². The van der Waals surface area contributed by atoms with Crippen LogP contribution >= 0.6 is 11.6 Å². The van der Waals surface area contributed by atoms with Gasteiger partial charge in [0, 0.05) is 41.5 Å². The number of nitrogens with one attached hydrogen (secondary N) is 1. The smallest absolute Gasteiger partial charge is 0.125 e. The molecule has 0 spiro atoms. The van der Waals surface area contributed by atoms with E-state index in [1.165, 1.54) is 31.2 Å². The summed E-state index contributed by atoms with van der Waals surface area (Å²) in [6, 6.07) is 9.02. The molecule has 2 aliphatic rings. The predicted molar refractivity (Wildman–Crippen MR) is 97.0 cm³/mol. The molecule has 0 saturated heterocycles. The van der Waals surface area contributed by atoms with Gasteiger partial charge < -0.3 is 5.32 Å². The van der Waals surface area contributed by atoms with E-state index >= 15 is 0 Å². The van der Waals surface area contributed by atoms with Crippen LogP contribution in [0, 0.1) is 18.8 Å². The van der Waals surface area contributed by atoms with Gasteiger partial charge in [-0.2, -0.15) is 0 Å². The van der Waals surface area contributed by atoms with Gasteiger partial charge in [0.05, 0.1) is 0 Å². The van der Waals surface area contributed by atoms with Gasteiger partial charge in [-0.3, -0.25) is 0 Å². The molecule has 1 aromatic heterocycles. The van der Waals surface area contributed by atoms with Crippen molar-refractivity contribution in [3.05, 3.63) is 58.6 Å². The molecule has 4 rings (SSSR count). The van der Waals surface area contributed by atoms with E-state index in [-0.39, 0.29) is 0 Å². The second-order valence-corrected chi connectivity index (χ2v) is 7.67. The molecular weight excluding hydrogens is 318 g/mol. The molecule has 1 heterocycles. The predicted octanol–water partition coefficient (Wildman–Crippen LogP) is 4.50. The van der Waals surface area contributed by atoms with E-state index in [1.54, 1.807) is 0 Å². The highest BCUT2D eigenvalue weighted by molar-refractivity contribution is 6.30. The molecule has 126 valence electrons. The average Bonchev–Trinajstić information content (AvgIpc) is 2.59. The van der Waals surface area contributed by atoms with Crippen molar-refractivity contribution in [2.45, 2.75) is 51.1 Å². The van der Waals surface area contributed by atoms with E-state index in [1.807, 2.05) is 31.5 Å². The molecule has 2 aromatic rings. The summed E-state index contributed by atoms with van der Waals surface area (Å²) in [4.78, 5) is 8.61. The van der Waals surface area contributed by atoms with Crippen molar-refractivity contribution in [3.8, 4) is 0 Å². The number of rotatable bonds is 4. The Balaban J connectivity index is 1.50. The van der Waals surface area contributed by atoms with Gasteiger partial charge in [0.2, 0.25) is 0 Å². The molecule has 24 heavy (non-hydrogen) atoms. The quantitative estimate of drug-likeness (QED) is 0.889. The zero-order valence-electron chi connectivity index (χ0n) is 14.1. The van der Waals surface area contributed by atoms with Crippen molar-refractivity contribution in [1.29, 1.82) is 0 Å². The van der Waals surface area contributed by atoms with E-state index < -0.39 is 0 Å². The Morgan fingerprint density at radius 3 is 2.42 bits per heavy atom. The molecule has 4 heteroatoms. The van der Waals surface area contributed by atoms with E-state index in [0.717, 1.165) is 34.8 Å².